The van der Waals surface area contributed by atoms with Crippen LogP contribution in [0.25, 0.3) is 0 Å². The van der Waals surface area contributed by atoms with Crippen LogP contribution in [0.2, 0.25) is 0 Å². The van der Waals surface area contributed by atoms with E-state index in [-0.39, 0.29) is 16.3 Å². The van der Waals surface area contributed by atoms with Crippen LogP contribution in [-0.2, 0) is 5.41 Å². The second kappa shape index (κ2) is 22.1. The van der Waals surface area contributed by atoms with Gasteiger partial charge in [-0.3, -0.25) is 9.59 Å². The summed E-state index contributed by atoms with van der Waals surface area (Å²) in [6, 6.07) is 1.64. The van der Waals surface area contributed by atoms with Crippen molar-refractivity contribution >= 4 is 35.8 Å². The molecule has 43 heavy (non-hydrogen) atoms. The zero-order chi connectivity index (χ0) is 33.2. The van der Waals surface area contributed by atoms with Crippen molar-refractivity contribution < 1.29 is 0 Å². The number of hydrogen-bond acceptors (Lipinski definition) is 8. The van der Waals surface area contributed by atoms with Gasteiger partial charge in [0.2, 0.25) is 10.9 Å². The van der Waals surface area contributed by atoms with Gasteiger partial charge >= 0.3 is 0 Å². The predicted octanol–water partition coefficient (Wildman–Crippen LogP) is 7.91. The average molecular weight is 637 g/mol. The smallest absolute Gasteiger partial charge is 0.204 e. The van der Waals surface area contributed by atoms with E-state index in [0.29, 0.717) is 9.02 Å². The quantitative estimate of drug-likeness (QED) is 0.114. The molecule has 0 unspecified atom stereocenters. The van der Waals surface area contributed by atoms with Crippen LogP contribution >= 0.6 is 24.4 Å². The van der Waals surface area contributed by atoms with Crippen LogP contribution in [0.1, 0.15) is 113 Å². The van der Waals surface area contributed by atoms with Gasteiger partial charge in [-0.15, -0.1) is 0 Å². The summed E-state index contributed by atoms with van der Waals surface area (Å²) in [5.41, 5.74) is 2.82. The second-order valence-corrected chi connectivity index (χ2v) is 13.2. The van der Waals surface area contributed by atoms with E-state index in [2.05, 4.69) is 75.1 Å². The molecule has 0 aliphatic heterocycles. The van der Waals surface area contributed by atoms with Crippen molar-refractivity contribution in [2.75, 3.05) is 76.3 Å². The van der Waals surface area contributed by atoms with Gasteiger partial charge < -0.3 is 19.6 Å². The topological polar surface area (TPSA) is 47.1 Å². The molecule has 0 spiro atoms. The van der Waals surface area contributed by atoms with E-state index in [1.54, 1.807) is 6.07 Å². The Kier molecular flexibility index (Phi) is 21.3. The maximum Gasteiger partial charge on any atom is 0.204 e. The van der Waals surface area contributed by atoms with Crippen LogP contribution in [0, 0.1) is 9.02 Å². The normalized spacial score (nSPS) is 11.5. The fourth-order valence-electron chi connectivity index (χ4n) is 5.34. The Balaban J connectivity index is 0.000000783. The maximum atomic E-state index is 12.0. The van der Waals surface area contributed by atoms with Crippen LogP contribution in [0.15, 0.2) is 15.7 Å². The van der Waals surface area contributed by atoms with Crippen molar-refractivity contribution in [3.8, 4) is 0 Å². The van der Waals surface area contributed by atoms with Crippen LogP contribution < -0.4 is 20.7 Å². The molecule has 0 heterocycles. The molecule has 2 rings (SSSR count). The molecule has 0 aromatic heterocycles. The molecule has 0 aliphatic carbocycles. The Hall–Kier alpha value is -1.48. The van der Waals surface area contributed by atoms with Crippen molar-refractivity contribution in [3.05, 3.63) is 41.1 Å². The van der Waals surface area contributed by atoms with Gasteiger partial charge in [-0.05, 0) is 89.6 Å². The van der Waals surface area contributed by atoms with Crippen molar-refractivity contribution in [1.29, 1.82) is 0 Å². The molecule has 0 fully saturated rings. The summed E-state index contributed by atoms with van der Waals surface area (Å²) >= 11 is 10.3. The summed E-state index contributed by atoms with van der Waals surface area (Å²) in [5.74, 6) is 0. The van der Waals surface area contributed by atoms with Gasteiger partial charge in [0.1, 0.15) is 9.02 Å². The molecule has 0 N–H and O–H groups in total. The molecule has 0 saturated heterocycles. The van der Waals surface area contributed by atoms with Crippen LogP contribution in [-0.4, -0.2) is 76.3 Å². The van der Waals surface area contributed by atoms with Crippen LogP contribution in [0.5, 0.6) is 0 Å². The highest BCUT2D eigenvalue weighted by Crippen LogP contribution is 2.32. The third kappa shape index (κ3) is 14.0. The molecule has 248 valence electrons. The lowest BCUT2D eigenvalue weighted by atomic mass is 9.82. The fraction of sp³-hybridized carbons (Fsp3) is 0.771. The summed E-state index contributed by atoms with van der Waals surface area (Å²) in [4.78, 5) is 32.4. The Morgan fingerprint density at radius 1 is 0.651 bits per heavy atom. The van der Waals surface area contributed by atoms with E-state index in [1.165, 1.54) is 58.3 Å². The minimum Gasteiger partial charge on any atom is -0.373 e. The highest BCUT2D eigenvalue weighted by Gasteiger charge is 2.29. The van der Waals surface area contributed by atoms with Gasteiger partial charge in [-0.2, -0.15) is 0 Å². The summed E-state index contributed by atoms with van der Waals surface area (Å²) in [6.45, 7) is 28.2. The third-order valence-corrected chi connectivity index (χ3v) is 8.44. The van der Waals surface area contributed by atoms with E-state index < -0.39 is 0 Å². The van der Waals surface area contributed by atoms with Gasteiger partial charge in [0, 0.05) is 38.8 Å². The largest absolute Gasteiger partial charge is 0.373 e. The zero-order valence-corrected chi connectivity index (χ0v) is 31.2. The van der Waals surface area contributed by atoms with Gasteiger partial charge in [-0.25, -0.2) is 0 Å². The lowest BCUT2D eigenvalue weighted by molar-refractivity contribution is 0.269. The Bertz CT molecular complexity index is 1150. The molecular formula is C35H64N4O2S2. The summed E-state index contributed by atoms with van der Waals surface area (Å²) in [5, 5.41) is 0. The number of hydrogen-bond donors (Lipinski definition) is 0. The molecule has 0 amide bonds. The molecule has 0 bridgehead atoms. The summed E-state index contributed by atoms with van der Waals surface area (Å²) in [7, 11) is 4.07. The average Bonchev–Trinajstić information content (AvgIpc) is 2.98. The first-order valence-electron chi connectivity index (χ1n) is 16.8. The summed E-state index contributed by atoms with van der Waals surface area (Å²) < 4.78 is 1.02. The Labute approximate surface area is 274 Å². The molecule has 8 heteroatoms. The van der Waals surface area contributed by atoms with Gasteiger partial charge in [0.05, 0.1) is 11.4 Å². The van der Waals surface area contributed by atoms with Crippen molar-refractivity contribution in [2.24, 2.45) is 0 Å². The second-order valence-electron chi connectivity index (χ2n) is 12.4. The molecule has 0 aliphatic rings. The van der Waals surface area contributed by atoms with E-state index in [0.717, 1.165) is 56.0 Å². The first-order valence-corrected chi connectivity index (χ1v) is 17.7. The highest BCUT2D eigenvalue weighted by atomic mass is 32.1. The van der Waals surface area contributed by atoms with Gasteiger partial charge in [0.25, 0.3) is 0 Å². The van der Waals surface area contributed by atoms with Crippen molar-refractivity contribution in [3.63, 3.8) is 0 Å². The first-order chi connectivity index (χ1) is 20.3. The minimum atomic E-state index is -0.122. The standard InChI is InChI=1S/C18H32N2OS.C15H26N2OS.C2H6/c1-7-11-20(8-2)13-10-9-12-19(6)15-14(18(3,4)5)16(21)17(15)22;1-4-8-17(9-5-2)11-7-6-10-16(3)13-12-14(18)15(13)19;1-2/h7-13H2,1-6H3;12H,4-11H2,1-3H3;1-2H3. The number of anilines is 2. The predicted molar refractivity (Wildman–Crippen MR) is 196 cm³/mol. The molecular weight excluding hydrogens is 573 g/mol. The first kappa shape index (κ1) is 41.5. The lowest BCUT2D eigenvalue weighted by Gasteiger charge is -2.31. The number of unbranched alkanes of at least 4 members (excludes halogenated alkanes) is 2. The molecule has 0 atom stereocenters. The highest BCUT2D eigenvalue weighted by molar-refractivity contribution is 7.71. The SMILES string of the molecule is CC.CCCN(CC)CCCCN(C)c1c(C(C)(C)C)c(=O)c1=S.CCCN(CCC)CCCCN(C)c1cc(=O)c1=S. The number of nitrogens with zero attached hydrogens (tertiary/aromatic N) is 4. The van der Waals surface area contributed by atoms with Gasteiger partial charge in [-0.1, -0.05) is 86.7 Å². The van der Waals surface area contributed by atoms with E-state index >= 15 is 0 Å². The summed E-state index contributed by atoms with van der Waals surface area (Å²) in [6.07, 6.45) is 8.34. The van der Waals surface area contributed by atoms with E-state index in [9.17, 15) is 9.59 Å². The lowest BCUT2D eigenvalue weighted by Crippen LogP contribution is -2.35. The molecule has 2 aromatic carbocycles. The Morgan fingerprint density at radius 3 is 1.51 bits per heavy atom. The molecule has 0 saturated carbocycles. The zero-order valence-electron chi connectivity index (χ0n) is 29.6. The van der Waals surface area contributed by atoms with Crippen molar-refractivity contribution in [2.45, 2.75) is 113 Å². The van der Waals surface area contributed by atoms with Crippen molar-refractivity contribution in [1.82, 2.24) is 9.80 Å². The van der Waals surface area contributed by atoms with Crippen LogP contribution in [0.4, 0.5) is 11.4 Å². The molecule has 6 nitrogen and oxygen atoms in total. The van der Waals surface area contributed by atoms with Crippen LogP contribution in [0.3, 0.4) is 0 Å². The maximum absolute atomic E-state index is 12.0. The van der Waals surface area contributed by atoms with Gasteiger partial charge in [0.15, 0.2) is 0 Å². The third-order valence-electron chi connectivity index (χ3n) is 7.65. The Morgan fingerprint density at radius 2 is 1.09 bits per heavy atom. The number of rotatable bonds is 19. The van der Waals surface area contributed by atoms with E-state index in [4.69, 9.17) is 24.4 Å². The van der Waals surface area contributed by atoms with E-state index in [1.807, 2.05) is 20.9 Å². The molecule has 0 radical (unpaired) electrons. The monoisotopic (exact) mass is 636 g/mol. The fourth-order valence-corrected chi connectivity index (χ4v) is 5.97. The molecule has 2 aromatic rings. The minimum absolute atomic E-state index is 0.00826.